The first-order valence-corrected chi connectivity index (χ1v) is 6.58. The van der Waals surface area contributed by atoms with Crippen molar-refractivity contribution in [1.29, 1.82) is 0 Å². The molecule has 0 spiro atoms. The molecule has 1 aliphatic rings. The van der Waals surface area contributed by atoms with Gasteiger partial charge < -0.3 is 20.5 Å². The molecule has 0 bridgehead atoms. The molecule has 4 N–H and O–H groups in total. The minimum absolute atomic E-state index is 0.143. The molecule has 8 heteroatoms. The second-order valence-electron chi connectivity index (χ2n) is 4.57. The largest absolute Gasteiger partial charge is 0.497 e. The van der Waals surface area contributed by atoms with E-state index in [4.69, 9.17) is 15.2 Å². The smallest absolute Gasteiger partial charge is 0.295 e. The van der Waals surface area contributed by atoms with E-state index in [1.807, 2.05) is 6.07 Å². The van der Waals surface area contributed by atoms with E-state index >= 15 is 0 Å². The summed E-state index contributed by atoms with van der Waals surface area (Å²) in [6.45, 7) is 0.377. The van der Waals surface area contributed by atoms with Gasteiger partial charge in [0.25, 0.3) is 6.43 Å². The van der Waals surface area contributed by atoms with Crippen LogP contribution in [0.4, 0.5) is 8.78 Å². The lowest BCUT2D eigenvalue weighted by atomic mass is 10.2. The average molecular weight is 312 g/mol. The normalized spacial score (nSPS) is 17.6. The Balaban J connectivity index is 2.07. The molecule has 1 unspecified atom stereocenters. The fraction of sp³-hybridized carbons (Fsp3) is 0.357. The van der Waals surface area contributed by atoms with E-state index in [1.54, 1.807) is 26.4 Å². The van der Waals surface area contributed by atoms with Crippen LogP contribution in [-0.2, 0) is 6.54 Å². The Morgan fingerprint density at radius 1 is 1.36 bits per heavy atom. The Hall–Kier alpha value is -2.35. The maximum absolute atomic E-state index is 12.7. The molecular formula is C14H18F2N4O2. The van der Waals surface area contributed by atoms with Gasteiger partial charge in [0.1, 0.15) is 23.5 Å². The van der Waals surface area contributed by atoms with Gasteiger partial charge in [0.2, 0.25) is 0 Å². The zero-order valence-electron chi connectivity index (χ0n) is 12.3. The Labute approximate surface area is 127 Å². The summed E-state index contributed by atoms with van der Waals surface area (Å²) in [6.07, 6.45) is -1.80. The van der Waals surface area contributed by atoms with Crippen molar-refractivity contribution in [1.82, 2.24) is 10.6 Å². The van der Waals surface area contributed by atoms with Gasteiger partial charge in [-0.3, -0.25) is 5.32 Å². The Morgan fingerprint density at radius 3 is 2.77 bits per heavy atom. The van der Waals surface area contributed by atoms with Gasteiger partial charge in [-0.15, -0.1) is 0 Å². The summed E-state index contributed by atoms with van der Waals surface area (Å²) in [7, 11) is 3.11. The van der Waals surface area contributed by atoms with Gasteiger partial charge in [-0.25, -0.2) is 13.8 Å². The topological polar surface area (TPSA) is 80.9 Å². The fourth-order valence-electron chi connectivity index (χ4n) is 2.01. The van der Waals surface area contributed by atoms with Crippen LogP contribution in [0.3, 0.4) is 0 Å². The van der Waals surface area contributed by atoms with Crippen LogP contribution in [0.15, 0.2) is 35.1 Å². The summed E-state index contributed by atoms with van der Waals surface area (Å²) in [6, 6.07) is 5.37. The van der Waals surface area contributed by atoms with Crippen molar-refractivity contribution >= 4 is 5.84 Å². The SMILES string of the molecule is COc1ccc(CNC2C=C(N)NC(C(F)F)=N2)c(OC)c1. The van der Waals surface area contributed by atoms with E-state index in [0.717, 1.165) is 5.56 Å². The van der Waals surface area contributed by atoms with Crippen molar-refractivity contribution in [2.75, 3.05) is 14.2 Å². The predicted molar refractivity (Wildman–Crippen MR) is 79.0 cm³/mol. The van der Waals surface area contributed by atoms with Gasteiger partial charge in [-0.2, -0.15) is 0 Å². The zero-order valence-corrected chi connectivity index (χ0v) is 12.3. The molecule has 6 nitrogen and oxygen atoms in total. The van der Waals surface area contributed by atoms with Crippen LogP contribution in [0, 0.1) is 0 Å². The molecule has 0 saturated carbocycles. The summed E-state index contributed by atoms with van der Waals surface area (Å²) in [5.41, 5.74) is 6.42. The van der Waals surface area contributed by atoms with Crippen LogP contribution in [0.5, 0.6) is 11.5 Å². The highest BCUT2D eigenvalue weighted by molar-refractivity contribution is 5.87. The number of ether oxygens (including phenoxy) is 2. The quantitative estimate of drug-likeness (QED) is 0.735. The molecule has 0 saturated heterocycles. The van der Waals surface area contributed by atoms with E-state index in [-0.39, 0.29) is 5.82 Å². The molecule has 0 amide bonds. The third-order valence-corrected chi connectivity index (χ3v) is 3.09. The van der Waals surface area contributed by atoms with Crippen molar-refractivity contribution in [3.05, 3.63) is 35.7 Å². The Morgan fingerprint density at radius 2 is 2.14 bits per heavy atom. The summed E-state index contributed by atoms with van der Waals surface area (Å²) < 4.78 is 35.8. The number of nitrogens with two attached hydrogens (primary N) is 1. The number of alkyl halides is 2. The minimum Gasteiger partial charge on any atom is -0.497 e. The van der Waals surface area contributed by atoms with E-state index in [2.05, 4.69) is 15.6 Å². The summed E-state index contributed by atoms with van der Waals surface area (Å²) in [4.78, 5) is 3.86. The van der Waals surface area contributed by atoms with Crippen LogP contribution in [-0.4, -0.2) is 32.6 Å². The first kappa shape index (κ1) is 16.0. The van der Waals surface area contributed by atoms with E-state index < -0.39 is 18.4 Å². The number of nitrogens with one attached hydrogen (secondary N) is 2. The van der Waals surface area contributed by atoms with Crippen LogP contribution in [0.25, 0.3) is 0 Å². The molecule has 2 rings (SSSR count). The standard InChI is InChI=1S/C14H18F2N4O2/c1-21-9-4-3-8(10(5-9)22-2)7-18-12-6-11(17)19-14(20-12)13(15)16/h3-6,12-13,18H,7,17H2,1-2H3,(H,19,20). The molecule has 1 atom stereocenters. The van der Waals surface area contributed by atoms with E-state index in [9.17, 15) is 8.78 Å². The lowest BCUT2D eigenvalue weighted by Gasteiger charge is -2.21. The number of hydrogen-bond donors (Lipinski definition) is 3. The molecule has 0 radical (unpaired) electrons. The number of aliphatic imine (C=N–C) groups is 1. The van der Waals surface area contributed by atoms with Crippen LogP contribution in [0.2, 0.25) is 0 Å². The maximum atomic E-state index is 12.7. The summed E-state index contributed by atoms with van der Waals surface area (Å²) in [5, 5.41) is 5.37. The molecule has 0 fully saturated rings. The number of nitrogens with zero attached hydrogens (tertiary/aromatic N) is 1. The van der Waals surface area contributed by atoms with E-state index in [0.29, 0.717) is 18.0 Å². The number of methoxy groups -OCH3 is 2. The summed E-state index contributed by atoms with van der Waals surface area (Å²) in [5.74, 6) is 1.00. The van der Waals surface area contributed by atoms with Crippen molar-refractivity contribution in [3.8, 4) is 11.5 Å². The van der Waals surface area contributed by atoms with Gasteiger partial charge in [0, 0.05) is 18.2 Å². The first-order chi connectivity index (χ1) is 10.5. The van der Waals surface area contributed by atoms with Gasteiger partial charge >= 0.3 is 0 Å². The lowest BCUT2D eigenvalue weighted by Crippen LogP contribution is -2.41. The van der Waals surface area contributed by atoms with Gasteiger partial charge in [0.15, 0.2) is 5.84 Å². The molecule has 0 aliphatic carbocycles. The molecule has 1 aliphatic heterocycles. The van der Waals surface area contributed by atoms with Crippen LogP contribution >= 0.6 is 0 Å². The number of hydrogen-bond acceptors (Lipinski definition) is 6. The molecule has 1 heterocycles. The molecule has 120 valence electrons. The minimum atomic E-state index is -2.70. The highest BCUT2D eigenvalue weighted by Crippen LogP contribution is 2.24. The monoisotopic (exact) mass is 312 g/mol. The Kier molecular flexibility index (Phi) is 5.16. The van der Waals surface area contributed by atoms with Gasteiger partial charge in [-0.05, 0) is 12.1 Å². The Bertz CT molecular complexity index is 590. The highest BCUT2D eigenvalue weighted by Gasteiger charge is 2.20. The van der Waals surface area contributed by atoms with Crippen molar-refractivity contribution in [2.24, 2.45) is 10.7 Å². The molecule has 22 heavy (non-hydrogen) atoms. The molecular weight excluding hydrogens is 294 g/mol. The number of halogens is 2. The van der Waals surface area contributed by atoms with Crippen molar-refractivity contribution in [3.63, 3.8) is 0 Å². The van der Waals surface area contributed by atoms with Gasteiger partial charge in [-0.1, -0.05) is 6.07 Å². The summed E-state index contributed by atoms with van der Waals surface area (Å²) >= 11 is 0. The fourth-order valence-corrected chi connectivity index (χ4v) is 2.01. The van der Waals surface area contributed by atoms with Crippen LogP contribution in [0.1, 0.15) is 5.56 Å². The van der Waals surface area contributed by atoms with Gasteiger partial charge in [0.05, 0.1) is 14.2 Å². The maximum Gasteiger partial charge on any atom is 0.295 e. The predicted octanol–water partition coefficient (Wildman–Crippen LogP) is 1.19. The molecule has 0 aromatic heterocycles. The van der Waals surface area contributed by atoms with Crippen LogP contribution < -0.4 is 25.8 Å². The van der Waals surface area contributed by atoms with Crippen molar-refractivity contribution < 1.29 is 18.3 Å². The average Bonchev–Trinajstić information content (AvgIpc) is 2.52. The lowest BCUT2D eigenvalue weighted by molar-refractivity contribution is 0.220. The number of rotatable bonds is 6. The second-order valence-corrected chi connectivity index (χ2v) is 4.57. The van der Waals surface area contributed by atoms with Crippen molar-refractivity contribution in [2.45, 2.75) is 19.1 Å². The number of amidine groups is 1. The molecule has 1 aromatic rings. The molecule has 1 aromatic carbocycles. The third-order valence-electron chi connectivity index (χ3n) is 3.09. The van der Waals surface area contributed by atoms with E-state index in [1.165, 1.54) is 6.08 Å². The highest BCUT2D eigenvalue weighted by atomic mass is 19.3. The third kappa shape index (κ3) is 3.85. The second kappa shape index (κ2) is 7.08. The first-order valence-electron chi connectivity index (χ1n) is 6.58. The zero-order chi connectivity index (χ0) is 16.1. The number of benzene rings is 1.